The van der Waals surface area contributed by atoms with Gasteiger partial charge >= 0.3 is 0 Å². The molecule has 1 aliphatic carbocycles. The van der Waals surface area contributed by atoms with Gasteiger partial charge in [-0.1, -0.05) is 25.0 Å². The van der Waals surface area contributed by atoms with E-state index in [1.54, 1.807) is 24.3 Å². The normalized spacial score (nSPS) is 14.2. The molecule has 162 valence electrons. The Balaban J connectivity index is 1.80. The molecule has 31 heavy (non-hydrogen) atoms. The largest absolute Gasteiger partial charge is 0.490 e. The zero-order valence-electron chi connectivity index (χ0n) is 17.3. The van der Waals surface area contributed by atoms with E-state index in [4.69, 9.17) is 9.47 Å². The smallest absolute Gasteiger partial charge is 0.262 e. The number of carbonyl (C=O) groups is 1. The maximum absolute atomic E-state index is 13.1. The van der Waals surface area contributed by atoms with Gasteiger partial charge in [-0.2, -0.15) is 5.26 Å². The van der Waals surface area contributed by atoms with Crippen LogP contribution >= 0.6 is 22.6 Å². The summed E-state index contributed by atoms with van der Waals surface area (Å²) in [5, 5.41) is 12.4. The predicted octanol–water partition coefficient (Wildman–Crippen LogP) is 5.37. The van der Waals surface area contributed by atoms with Crippen molar-refractivity contribution in [2.75, 3.05) is 6.61 Å². The second-order valence-corrected chi connectivity index (χ2v) is 8.46. The molecule has 1 aliphatic rings. The van der Waals surface area contributed by atoms with Crippen LogP contribution < -0.4 is 14.8 Å². The number of rotatable bonds is 8. The SMILES string of the molecule is CCOc1cc(/C=C(/C#N)C(=O)NC2CCCC2)cc(I)c1OCc1ccc(F)cc1. The Bertz CT molecular complexity index is 993. The van der Waals surface area contributed by atoms with Crippen LogP contribution in [0.3, 0.4) is 0 Å². The van der Waals surface area contributed by atoms with E-state index in [0.29, 0.717) is 23.7 Å². The van der Waals surface area contributed by atoms with Gasteiger partial charge in [0.1, 0.15) is 24.1 Å². The summed E-state index contributed by atoms with van der Waals surface area (Å²) in [6.45, 7) is 2.57. The lowest BCUT2D eigenvalue weighted by atomic mass is 10.1. The Morgan fingerprint density at radius 1 is 1.26 bits per heavy atom. The van der Waals surface area contributed by atoms with Crippen LogP contribution in [0.25, 0.3) is 6.08 Å². The molecule has 0 radical (unpaired) electrons. The maximum Gasteiger partial charge on any atom is 0.262 e. The van der Waals surface area contributed by atoms with Gasteiger partial charge in [-0.15, -0.1) is 0 Å². The van der Waals surface area contributed by atoms with E-state index in [9.17, 15) is 14.4 Å². The number of halogens is 2. The van der Waals surface area contributed by atoms with Gasteiger partial charge in [0, 0.05) is 6.04 Å². The van der Waals surface area contributed by atoms with Gasteiger partial charge in [-0.05, 0) is 83.8 Å². The third-order valence-corrected chi connectivity index (χ3v) is 5.80. The molecule has 0 aromatic heterocycles. The maximum atomic E-state index is 13.1. The molecule has 0 atom stereocenters. The highest BCUT2D eigenvalue weighted by atomic mass is 127. The van der Waals surface area contributed by atoms with Gasteiger partial charge in [-0.3, -0.25) is 4.79 Å². The second-order valence-electron chi connectivity index (χ2n) is 7.30. The Morgan fingerprint density at radius 3 is 2.61 bits per heavy atom. The van der Waals surface area contributed by atoms with E-state index in [0.717, 1.165) is 34.8 Å². The molecule has 1 amide bonds. The summed E-state index contributed by atoms with van der Waals surface area (Å²) >= 11 is 2.14. The number of hydrogen-bond donors (Lipinski definition) is 1. The minimum Gasteiger partial charge on any atom is -0.490 e. The molecule has 5 nitrogen and oxygen atoms in total. The molecule has 2 aromatic carbocycles. The number of nitriles is 1. The first-order valence-corrected chi connectivity index (χ1v) is 11.3. The predicted molar refractivity (Wildman–Crippen MR) is 125 cm³/mol. The van der Waals surface area contributed by atoms with Gasteiger partial charge in [0.25, 0.3) is 5.91 Å². The summed E-state index contributed by atoms with van der Waals surface area (Å²) in [5.74, 6) is 0.447. The molecular formula is C24H24FIN2O3. The molecule has 7 heteroatoms. The zero-order chi connectivity index (χ0) is 22.2. The van der Waals surface area contributed by atoms with Gasteiger partial charge in [0.05, 0.1) is 10.2 Å². The number of nitrogens with one attached hydrogen (secondary N) is 1. The van der Waals surface area contributed by atoms with Crippen molar-refractivity contribution in [2.24, 2.45) is 0 Å². The van der Waals surface area contributed by atoms with Crippen molar-refractivity contribution in [1.29, 1.82) is 5.26 Å². The first kappa shape index (κ1) is 23.1. The van der Waals surface area contributed by atoms with Crippen LogP contribution in [-0.4, -0.2) is 18.6 Å². The van der Waals surface area contributed by atoms with Crippen LogP contribution in [0.15, 0.2) is 42.0 Å². The van der Waals surface area contributed by atoms with Crippen LogP contribution in [0.1, 0.15) is 43.7 Å². The lowest BCUT2D eigenvalue weighted by Gasteiger charge is -2.15. The Labute approximate surface area is 195 Å². The molecular weight excluding hydrogens is 510 g/mol. The van der Waals surface area contributed by atoms with Gasteiger partial charge in [-0.25, -0.2) is 4.39 Å². The molecule has 1 N–H and O–H groups in total. The van der Waals surface area contributed by atoms with E-state index < -0.39 is 0 Å². The van der Waals surface area contributed by atoms with Crippen LogP contribution in [0.2, 0.25) is 0 Å². The number of ether oxygens (including phenoxy) is 2. The topological polar surface area (TPSA) is 71.3 Å². The fourth-order valence-corrected chi connectivity index (χ4v) is 4.24. The summed E-state index contributed by atoms with van der Waals surface area (Å²) in [5.41, 5.74) is 1.57. The highest BCUT2D eigenvalue weighted by Crippen LogP contribution is 2.35. The summed E-state index contributed by atoms with van der Waals surface area (Å²) in [6.07, 6.45) is 5.68. The number of amides is 1. The first-order chi connectivity index (χ1) is 15.0. The summed E-state index contributed by atoms with van der Waals surface area (Å²) in [4.78, 5) is 12.5. The molecule has 1 saturated carbocycles. The van der Waals surface area contributed by atoms with E-state index in [1.165, 1.54) is 12.1 Å². The Hall–Kier alpha value is -2.60. The van der Waals surface area contributed by atoms with E-state index in [1.807, 2.05) is 19.1 Å². The Morgan fingerprint density at radius 2 is 1.97 bits per heavy atom. The van der Waals surface area contributed by atoms with Gasteiger partial charge in [0.15, 0.2) is 11.5 Å². The van der Waals surface area contributed by atoms with Gasteiger partial charge < -0.3 is 14.8 Å². The Kier molecular flexibility index (Phi) is 8.29. The fourth-order valence-electron chi connectivity index (χ4n) is 3.46. The third kappa shape index (κ3) is 6.44. The van der Waals surface area contributed by atoms with Crippen molar-refractivity contribution in [3.8, 4) is 17.6 Å². The standard InChI is InChI=1S/C24H24FIN2O3/c1-2-30-22-13-17(11-18(14-27)24(29)28-20-5-3-4-6-20)12-21(26)23(22)31-15-16-7-9-19(25)10-8-16/h7-13,20H,2-6,15H2,1H3,(H,28,29)/b18-11-. The number of benzene rings is 2. The minimum atomic E-state index is -0.348. The van der Waals surface area contributed by atoms with Crippen molar-refractivity contribution in [3.05, 3.63) is 62.5 Å². The summed E-state index contributed by atoms with van der Waals surface area (Å²) in [6, 6.07) is 11.9. The van der Waals surface area contributed by atoms with Crippen LogP contribution in [0.4, 0.5) is 4.39 Å². The molecule has 0 heterocycles. The quantitative estimate of drug-likeness (QED) is 0.281. The lowest BCUT2D eigenvalue weighted by molar-refractivity contribution is -0.117. The third-order valence-electron chi connectivity index (χ3n) is 4.99. The lowest BCUT2D eigenvalue weighted by Crippen LogP contribution is -2.33. The molecule has 2 aromatic rings. The first-order valence-electron chi connectivity index (χ1n) is 10.3. The van der Waals surface area contributed by atoms with Crippen molar-refractivity contribution in [1.82, 2.24) is 5.32 Å². The number of carbonyl (C=O) groups excluding carboxylic acids is 1. The summed E-state index contributed by atoms with van der Waals surface area (Å²) in [7, 11) is 0. The van der Waals surface area contributed by atoms with Crippen LogP contribution in [0.5, 0.6) is 11.5 Å². The van der Waals surface area contributed by atoms with Gasteiger partial charge in [0.2, 0.25) is 0 Å². The molecule has 3 rings (SSSR count). The van der Waals surface area contributed by atoms with Crippen molar-refractivity contribution in [3.63, 3.8) is 0 Å². The average Bonchev–Trinajstić information content (AvgIpc) is 3.26. The highest BCUT2D eigenvalue weighted by Gasteiger charge is 2.20. The monoisotopic (exact) mass is 534 g/mol. The fraction of sp³-hybridized carbons (Fsp3) is 0.333. The van der Waals surface area contributed by atoms with Crippen LogP contribution in [-0.2, 0) is 11.4 Å². The molecule has 0 saturated heterocycles. The molecule has 0 aliphatic heterocycles. The van der Waals surface area contributed by atoms with Crippen LogP contribution in [0, 0.1) is 20.7 Å². The van der Waals surface area contributed by atoms with Crippen molar-refractivity contribution < 1.29 is 18.7 Å². The highest BCUT2D eigenvalue weighted by molar-refractivity contribution is 14.1. The number of nitrogens with zero attached hydrogens (tertiary/aromatic N) is 1. The second kappa shape index (κ2) is 11.1. The summed E-state index contributed by atoms with van der Waals surface area (Å²) < 4.78 is 25.6. The van der Waals surface area contributed by atoms with E-state index >= 15 is 0 Å². The minimum absolute atomic E-state index is 0.0603. The van der Waals surface area contributed by atoms with Crippen molar-refractivity contribution >= 4 is 34.6 Å². The van der Waals surface area contributed by atoms with Crippen molar-refractivity contribution in [2.45, 2.75) is 45.3 Å². The van der Waals surface area contributed by atoms with E-state index in [-0.39, 0.29) is 29.9 Å². The molecule has 0 unspecified atom stereocenters. The zero-order valence-corrected chi connectivity index (χ0v) is 19.4. The number of hydrogen-bond acceptors (Lipinski definition) is 4. The molecule has 0 bridgehead atoms. The van der Waals surface area contributed by atoms with E-state index in [2.05, 4.69) is 27.9 Å². The molecule has 0 spiro atoms. The molecule has 1 fully saturated rings. The average molecular weight is 534 g/mol.